The van der Waals surface area contributed by atoms with Crippen LogP contribution >= 0.6 is 0 Å². The lowest BCUT2D eigenvalue weighted by atomic mass is 9.86. The molecule has 2 N–H and O–H groups in total. The van der Waals surface area contributed by atoms with E-state index in [4.69, 9.17) is 9.72 Å². The second-order valence-electron chi connectivity index (χ2n) is 9.88. The van der Waals surface area contributed by atoms with E-state index in [1.54, 1.807) is 13.2 Å². The van der Waals surface area contributed by atoms with Crippen LogP contribution in [0.5, 0.6) is 5.88 Å². The van der Waals surface area contributed by atoms with Gasteiger partial charge in [-0.15, -0.1) is 0 Å². The number of aromatic nitrogens is 3. The van der Waals surface area contributed by atoms with Gasteiger partial charge in [-0.1, -0.05) is 20.8 Å². The molecule has 2 aromatic heterocycles. The molecular formula is C24H36N6O3. The molecule has 0 aliphatic carbocycles. The monoisotopic (exact) mass is 456 g/mol. The molecule has 0 radical (unpaired) electrons. The normalized spacial score (nSPS) is 15.5. The van der Waals surface area contributed by atoms with Crippen LogP contribution in [0.3, 0.4) is 0 Å². The maximum Gasteiger partial charge on any atom is 0.272 e. The van der Waals surface area contributed by atoms with Gasteiger partial charge >= 0.3 is 0 Å². The Morgan fingerprint density at radius 1 is 1.21 bits per heavy atom. The third kappa shape index (κ3) is 5.52. The molecule has 9 heteroatoms. The summed E-state index contributed by atoms with van der Waals surface area (Å²) in [5, 5.41) is 5.58. The molecule has 0 aromatic carbocycles. The number of pyridine rings is 1. The maximum atomic E-state index is 13.5. The first-order chi connectivity index (χ1) is 15.5. The Balaban J connectivity index is 2.10. The van der Waals surface area contributed by atoms with Crippen LogP contribution in [0.15, 0.2) is 18.3 Å². The van der Waals surface area contributed by atoms with Crippen LogP contribution in [-0.4, -0.2) is 64.0 Å². The Morgan fingerprint density at radius 3 is 2.58 bits per heavy atom. The zero-order chi connectivity index (χ0) is 24.3. The summed E-state index contributed by atoms with van der Waals surface area (Å²) >= 11 is 0. The highest BCUT2D eigenvalue weighted by molar-refractivity contribution is 5.98. The van der Waals surface area contributed by atoms with Crippen molar-refractivity contribution in [2.24, 2.45) is 5.41 Å². The lowest BCUT2D eigenvalue weighted by molar-refractivity contribution is -0.124. The molecule has 0 unspecified atom stereocenters. The fourth-order valence-corrected chi connectivity index (χ4v) is 4.01. The molecule has 0 saturated carbocycles. The zero-order valence-electron chi connectivity index (χ0n) is 20.7. The van der Waals surface area contributed by atoms with Gasteiger partial charge in [0.2, 0.25) is 11.8 Å². The SMILES string of the molecule is CNC(=O)[C@@H](NC(=O)c1nc(-c2cccnc2OC(C)C)n2c1CN(C)CCC2)C(C)(C)C. The average molecular weight is 457 g/mol. The van der Waals surface area contributed by atoms with Crippen molar-refractivity contribution < 1.29 is 14.3 Å². The molecule has 0 bridgehead atoms. The number of amides is 2. The predicted molar refractivity (Wildman–Crippen MR) is 127 cm³/mol. The maximum absolute atomic E-state index is 13.5. The number of rotatable bonds is 6. The van der Waals surface area contributed by atoms with Crippen molar-refractivity contribution in [3.05, 3.63) is 29.7 Å². The van der Waals surface area contributed by atoms with Crippen molar-refractivity contribution in [2.45, 2.75) is 66.3 Å². The second-order valence-corrected chi connectivity index (χ2v) is 9.88. The molecule has 3 rings (SSSR count). The average Bonchev–Trinajstić information content (AvgIpc) is 2.96. The van der Waals surface area contributed by atoms with Gasteiger partial charge in [0, 0.05) is 26.3 Å². The Kier molecular flexibility index (Phi) is 7.41. The summed E-state index contributed by atoms with van der Waals surface area (Å²) < 4.78 is 8.03. The number of likely N-dealkylation sites (N-methyl/N-ethyl adjacent to an activating group) is 1. The molecule has 180 valence electrons. The highest BCUT2D eigenvalue weighted by Gasteiger charge is 2.35. The largest absolute Gasteiger partial charge is 0.474 e. The molecule has 3 heterocycles. The number of hydrogen-bond donors (Lipinski definition) is 2. The van der Waals surface area contributed by atoms with E-state index in [2.05, 4.69) is 25.1 Å². The molecule has 1 aliphatic heterocycles. The minimum atomic E-state index is -0.697. The number of nitrogens with zero attached hydrogens (tertiary/aromatic N) is 4. The van der Waals surface area contributed by atoms with E-state index in [-0.39, 0.29) is 17.9 Å². The van der Waals surface area contributed by atoms with Gasteiger partial charge in [0.1, 0.15) is 11.9 Å². The van der Waals surface area contributed by atoms with Gasteiger partial charge in [0.05, 0.1) is 17.4 Å². The van der Waals surface area contributed by atoms with E-state index in [0.29, 0.717) is 23.9 Å². The van der Waals surface area contributed by atoms with Gasteiger partial charge in [-0.25, -0.2) is 9.97 Å². The number of fused-ring (bicyclic) bond motifs is 1. The summed E-state index contributed by atoms with van der Waals surface area (Å²) in [6, 6.07) is 3.06. The van der Waals surface area contributed by atoms with Crippen molar-refractivity contribution in [3.8, 4) is 17.3 Å². The molecule has 1 atom stereocenters. The van der Waals surface area contributed by atoms with Crippen molar-refractivity contribution in [3.63, 3.8) is 0 Å². The molecule has 33 heavy (non-hydrogen) atoms. The Bertz CT molecular complexity index is 1010. The third-order valence-electron chi connectivity index (χ3n) is 5.64. The Hall–Kier alpha value is -2.94. The summed E-state index contributed by atoms with van der Waals surface area (Å²) in [6.45, 7) is 11.9. The van der Waals surface area contributed by atoms with Crippen LogP contribution in [0, 0.1) is 5.41 Å². The third-order valence-corrected chi connectivity index (χ3v) is 5.64. The second kappa shape index (κ2) is 9.91. The molecule has 0 fully saturated rings. The number of carbonyl (C=O) groups excluding carboxylic acids is 2. The number of nitrogens with one attached hydrogen (secondary N) is 2. The van der Waals surface area contributed by atoms with E-state index in [1.165, 1.54) is 0 Å². The fourth-order valence-electron chi connectivity index (χ4n) is 4.01. The van der Waals surface area contributed by atoms with E-state index in [9.17, 15) is 9.59 Å². The summed E-state index contributed by atoms with van der Waals surface area (Å²) in [7, 11) is 3.60. The first-order valence-corrected chi connectivity index (χ1v) is 11.4. The van der Waals surface area contributed by atoms with Crippen molar-refractivity contribution in [1.82, 2.24) is 30.1 Å². The van der Waals surface area contributed by atoms with Gasteiger partial charge in [0.15, 0.2) is 5.69 Å². The number of carbonyl (C=O) groups is 2. The van der Waals surface area contributed by atoms with Crippen LogP contribution in [0.1, 0.15) is 57.2 Å². The molecule has 0 spiro atoms. The smallest absolute Gasteiger partial charge is 0.272 e. The number of ether oxygens (including phenoxy) is 1. The lowest BCUT2D eigenvalue weighted by Gasteiger charge is -2.29. The lowest BCUT2D eigenvalue weighted by Crippen LogP contribution is -2.53. The van der Waals surface area contributed by atoms with Gasteiger partial charge < -0.3 is 24.8 Å². The molecule has 2 aromatic rings. The molecule has 2 amide bonds. The Labute approximate surface area is 195 Å². The van der Waals surface area contributed by atoms with Gasteiger partial charge in [-0.3, -0.25) is 9.59 Å². The van der Waals surface area contributed by atoms with Crippen LogP contribution in [0.4, 0.5) is 0 Å². The molecular weight excluding hydrogens is 420 g/mol. The van der Waals surface area contributed by atoms with E-state index in [1.807, 2.05) is 53.8 Å². The molecule has 1 aliphatic rings. The van der Waals surface area contributed by atoms with Crippen LogP contribution in [0.2, 0.25) is 0 Å². The van der Waals surface area contributed by atoms with Crippen LogP contribution in [0.25, 0.3) is 11.4 Å². The van der Waals surface area contributed by atoms with E-state index in [0.717, 1.165) is 30.8 Å². The van der Waals surface area contributed by atoms with Crippen molar-refractivity contribution in [2.75, 3.05) is 20.6 Å². The van der Waals surface area contributed by atoms with E-state index >= 15 is 0 Å². The van der Waals surface area contributed by atoms with Gasteiger partial charge in [-0.2, -0.15) is 0 Å². The minimum Gasteiger partial charge on any atom is -0.474 e. The Morgan fingerprint density at radius 2 is 1.94 bits per heavy atom. The van der Waals surface area contributed by atoms with Crippen LogP contribution in [-0.2, 0) is 17.9 Å². The van der Waals surface area contributed by atoms with E-state index < -0.39 is 11.5 Å². The van der Waals surface area contributed by atoms with Crippen LogP contribution < -0.4 is 15.4 Å². The summed E-state index contributed by atoms with van der Waals surface area (Å²) in [4.78, 5) is 37.4. The highest BCUT2D eigenvalue weighted by Crippen LogP contribution is 2.32. The first-order valence-electron chi connectivity index (χ1n) is 11.4. The zero-order valence-corrected chi connectivity index (χ0v) is 20.7. The summed E-state index contributed by atoms with van der Waals surface area (Å²) in [5.74, 6) is 0.543. The van der Waals surface area contributed by atoms with Gasteiger partial charge in [-0.05, 0) is 51.4 Å². The number of hydrogen-bond acceptors (Lipinski definition) is 6. The quantitative estimate of drug-likeness (QED) is 0.692. The molecule has 9 nitrogen and oxygen atoms in total. The topological polar surface area (TPSA) is 101 Å². The summed E-state index contributed by atoms with van der Waals surface area (Å²) in [6.07, 6.45) is 2.56. The minimum absolute atomic E-state index is 0.0498. The standard InChI is InChI=1S/C24H36N6O3/c1-15(2)33-23-16(10-8-11-26-23)20-27-18(17-14-29(7)12-9-13-30(17)20)21(31)28-19(22(32)25-6)24(3,4)5/h8,10-11,15,19H,9,12-14H2,1-7H3,(H,25,32)(H,28,31)/t19-/m1/s1. The van der Waals surface area contributed by atoms with Crippen molar-refractivity contribution >= 4 is 11.8 Å². The fraction of sp³-hybridized carbons (Fsp3) is 0.583. The van der Waals surface area contributed by atoms with Crippen molar-refractivity contribution in [1.29, 1.82) is 0 Å². The summed E-state index contributed by atoms with van der Waals surface area (Å²) in [5.41, 5.74) is 1.44. The molecule has 0 saturated heterocycles. The first kappa shape index (κ1) is 24.7. The van der Waals surface area contributed by atoms with Gasteiger partial charge in [0.25, 0.3) is 5.91 Å². The highest BCUT2D eigenvalue weighted by atomic mass is 16.5. The predicted octanol–water partition coefficient (Wildman–Crippen LogP) is 2.46. The number of imidazole rings is 1.